The molecule has 5 heteroatoms. The summed E-state index contributed by atoms with van der Waals surface area (Å²) in [5.74, 6) is 0.460. The van der Waals surface area contributed by atoms with Crippen LogP contribution in [0.25, 0.3) is 0 Å². The van der Waals surface area contributed by atoms with Gasteiger partial charge in [0.05, 0.1) is 13.0 Å². The normalized spacial score (nSPS) is 16.6. The van der Waals surface area contributed by atoms with E-state index < -0.39 is 0 Å². The van der Waals surface area contributed by atoms with Crippen LogP contribution in [-0.2, 0) is 16.0 Å². The van der Waals surface area contributed by atoms with E-state index in [2.05, 4.69) is 5.32 Å². The maximum Gasteiger partial charge on any atom is 0.229 e. The number of aryl methyl sites for hydroxylation is 1. The lowest BCUT2D eigenvalue weighted by molar-refractivity contribution is -0.128. The van der Waals surface area contributed by atoms with Gasteiger partial charge in [-0.15, -0.1) is 0 Å². The Kier molecular flexibility index (Phi) is 5.56. The first kappa shape index (κ1) is 18.0. The molecule has 3 rings (SSSR count). The summed E-state index contributed by atoms with van der Waals surface area (Å²) >= 11 is 0. The van der Waals surface area contributed by atoms with Gasteiger partial charge in [0.1, 0.15) is 5.75 Å². The Bertz CT molecular complexity index is 803. The number of likely N-dealkylation sites (tertiary alicyclic amines) is 1. The summed E-state index contributed by atoms with van der Waals surface area (Å²) in [6.45, 7) is 3.04. The van der Waals surface area contributed by atoms with Crippen molar-refractivity contribution in [2.45, 2.75) is 19.8 Å². The van der Waals surface area contributed by atoms with Crippen LogP contribution in [-0.4, -0.2) is 36.9 Å². The highest BCUT2D eigenvalue weighted by Gasteiger charge is 2.34. The number of ether oxygens (including phenoxy) is 1. The van der Waals surface area contributed by atoms with E-state index in [1.54, 1.807) is 12.0 Å². The molecule has 1 unspecified atom stereocenters. The zero-order valence-electron chi connectivity index (χ0n) is 15.2. The van der Waals surface area contributed by atoms with Gasteiger partial charge < -0.3 is 15.0 Å². The number of hydrogen-bond acceptors (Lipinski definition) is 3. The van der Waals surface area contributed by atoms with Gasteiger partial charge >= 0.3 is 0 Å². The third kappa shape index (κ3) is 4.23. The van der Waals surface area contributed by atoms with Crippen LogP contribution in [0.2, 0.25) is 0 Å². The van der Waals surface area contributed by atoms with E-state index in [0.717, 1.165) is 22.6 Å². The summed E-state index contributed by atoms with van der Waals surface area (Å²) in [5, 5.41) is 2.92. The molecule has 1 N–H and O–H groups in total. The predicted molar refractivity (Wildman–Crippen MR) is 101 cm³/mol. The second kappa shape index (κ2) is 8.04. The summed E-state index contributed by atoms with van der Waals surface area (Å²) in [4.78, 5) is 26.5. The van der Waals surface area contributed by atoms with Crippen LogP contribution in [0.5, 0.6) is 5.75 Å². The minimum Gasteiger partial charge on any atom is -0.496 e. The molecule has 1 saturated heterocycles. The Morgan fingerprint density at radius 3 is 2.81 bits per heavy atom. The second-order valence-corrected chi connectivity index (χ2v) is 6.66. The van der Waals surface area contributed by atoms with E-state index in [0.29, 0.717) is 19.5 Å². The maximum absolute atomic E-state index is 12.5. The number of nitrogens with one attached hydrogen (secondary N) is 1. The lowest BCUT2D eigenvalue weighted by Gasteiger charge is -2.17. The highest BCUT2D eigenvalue weighted by Crippen LogP contribution is 2.23. The van der Waals surface area contributed by atoms with E-state index in [4.69, 9.17) is 4.74 Å². The zero-order valence-corrected chi connectivity index (χ0v) is 15.2. The number of anilines is 1. The van der Waals surface area contributed by atoms with E-state index in [1.165, 1.54) is 0 Å². The molecule has 0 aliphatic carbocycles. The fraction of sp³-hybridized carbons (Fsp3) is 0.333. The molecule has 0 spiro atoms. The minimum absolute atomic E-state index is 0.0318. The molecule has 1 fully saturated rings. The SMILES string of the molecule is COc1ccccc1CCN1CC(C(=O)Nc2cccc(C)c2)CC1=O. The van der Waals surface area contributed by atoms with Crippen LogP contribution in [0.3, 0.4) is 0 Å². The van der Waals surface area contributed by atoms with Crippen LogP contribution in [0.1, 0.15) is 17.5 Å². The monoisotopic (exact) mass is 352 g/mol. The molecular weight excluding hydrogens is 328 g/mol. The summed E-state index contributed by atoms with van der Waals surface area (Å²) < 4.78 is 5.36. The van der Waals surface area contributed by atoms with Crippen molar-refractivity contribution in [1.29, 1.82) is 0 Å². The number of para-hydroxylation sites is 1. The third-order valence-corrected chi connectivity index (χ3v) is 4.71. The summed E-state index contributed by atoms with van der Waals surface area (Å²) in [6.07, 6.45) is 0.978. The highest BCUT2D eigenvalue weighted by atomic mass is 16.5. The molecule has 26 heavy (non-hydrogen) atoms. The average Bonchev–Trinajstić information content (AvgIpc) is 3.01. The number of hydrogen-bond donors (Lipinski definition) is 1. The number of methoxy groups -OCH3 is 1. The van der Waals surface area contributed by atoms with Gasteiger partial charge in [-0.1, -0.05) is 30.3 Å². The van der Waals surface area contributed by atoms with Crippen molar-refractivity contribution >= 4 is 17.5 Å². The van der Waals surface area contributed by atoms with Crippen molar-refractivity contribution in [3.05, 3.63) is 59.7 Å². The first-order chi connectivity index (χ1) is 12.6. The fourth-order valence-corrected chi connectivity index (χ4v) is 3.30. The minimum atomic E-state index is -0.305. The van der Waals surface area contributed by atoms with Gasteiger partial charge in [-0.05, 0) is 42.7 Å². The third-order valence-electron chi connectivity index (χ3n) is 4.71. The van der Waals surface area contributed by atoms with Gasteiger partial charge in [-0.3, -0.25) is 9.59 Å². The zero-order chi connectivity index (χ0) is 18.5. The number of benzene rings is 2. The van der Waals surface area contributed by atoms with Crippen LogP contribution in [0, 0.1) is 12.8 Å². The first-order valence-corrected chi connectivity index (χ1v) is 8.84. The lowest BCUT2D eigenvalue weighted by Crippen LogP contribution is -2.30. The van der Waals surface area contributed by atoms with Crippen molar-refractivity contribution in [3.8, 4) is 5.75 Å². The van der Waals surface area contributed by atoms with Gasteiger partial charge in [0.25, 0.3) is 0 Å². The van der Waals surface area contributed by atoms with Gasteiger partial charge in [0.2, 0.25) is 11.8 Å². The number of carbonyl (C=O) groups excluding carboxylic acids is 2. The molecule has 5 nitrogen and oxygen atoms in total. The maximum atomic E-state index is 12.5. The van der Waals surface area contributed by atoms with Crippen molar-refractivity contribution in [1.82, 2.24) is 4.90 Å². The second-order valence-electron chi connectivity index (χ2n) is 6.66. The molecule has 1 atom stereocenters. The molecule has 2 aromatic rings. The molecule has 1 aliphatic rings. The largest absolute Gasteiger partial charge is 0.496 e. The lowest BCUT2D eigenvalue weighted by atomic mass is 10.1. The fourth-order valence-electron chi connectivity index (χ4n) is 3.30. The quantitative estimate of drug-likeness (QED) is 0.869. The van der Waals surface area contributed by atoms with Gasteiger partial charge in [-0.2, -0.15) is 0 Å². The van der Waals surface area contributed by atoms with Gasteiger partial charge in [0.15, 0.2) is 0 Å². The van der Waals surface area contributed by atoms with Crippen molar-refractivity contribution in [2.75, 3.05) is 25.5 Å². The first-order valence-electron chi connectivity index (χ1n) is 8.84. The Balaban J connectivity index is 1.57. The molecule has 1 aliphatic heterocycles. The van der Waals surface area contributed by atoms with E-state index in [-0.39, 0.29) is 24.2 Å². The van der Waals surface area contributed by atoms with Crippen LogP contribution < -0.4 is 10.1 Å². The Labute approximate surface area is 154 Å². The molecule has 1 heterocycles. The number of amides is 2. The summed E-state index contributed by atoms with van der Waals surface area (Å²) in [5.41, 5.74) is 2.93. The van der Waals surface area contributed by atoms with E-state index >= 15 is 0 Å². The number of rotatable bonds is 6. The van der Waals surface area contributed by atoms with Crippen molar-refractivity contribution in [2.24, 2.45) is 5.92 Å². The smallest absolute Gasteiger partial charge is 0.229 e. The van der Waals surface area contributed by atoms with Crippen LogP contribution >= 0.6 is 0 Å². The molecule has 0 saturated carbocycles. The van der Waals surface area contributed by atoms with Crippen LogP contribution in [0.15, 0.2) is 48.5 Å². The number of nitrogens with zero attached hydrogens (tertiary/aromatic N) is 1. The van der Waals surface area contributed by atoms with Gasteiger partial charge in [-0.25, -0.2) is 0 Å². The Morgan fingerprint density at radius 1 is 1.23 bits per heavy atom. The standard InChI is InChI=1S/C21H24N2O3/c1-15-6-5-8-18(12-15)22-21(25)17-13-20(24)23(14-17)11-10-16-7-3-4-9-19(16)26-2/h3-9,12,17H,10-11,13-14H2,1-2H3,(H,22,25). The highest BCUT2D eigenvalue weighted by molar-refractivity contribution is 5.97. The molecular formula is C21H24N2O3. The molecule has 0 aromatic heterocycles. The Hall–Kier alpha value is -2.82. The molecule has 0 radical (unpaired) electrons. The number of carbonyl (C=O) groups is 2. The molecule has 2 aromatic carbocycles. The van der Waals surface area contributed by atoms with Crippen molar-refractivity contribution in [3.63, 3.8) is 0 Å². The van der Waals surface area contributed by atoms with Crippen molar-refractivity contribution < 1.29 is 14.3 Å². The summed E-state index contributed by atoms with van der Waals surface area (Å²) in [7, 11) is 1.64. The van der Waals surface area contributed by atoms with Gasteiger partial charge in [0, 0.05) is 25.2 Å². The molecule has 2 amide bonds. The predicted octanol–water partition coefficient (Wildman–Crippen LogP) is 3.03. The Morgan fingerprint density at radius 2 is 2.04 bits per heavy atom. The topological polar surface area (TPSA) is 58.6 Å². The summed E-state index contributed by atoms with van der Waals surface area (Å²) in [6, 6.07) is 15.5. The molecule has 136 valence electrons. The van der Waals surface area contributed by atoms with E-state index in [9.17, 15) is 9.59 Å². The molecule has 0 bridgehead atoms. The van der Waals surface area contributed by atoms with Crippen LogP contribution in [0.4, 0.5) is 5.69 Å². The average molecular weight is 352 g/mol. The van der Waals surface area contributed by atoms with E-state index in [1.807, 2.05) is 55.5 Å².